The van der Waals surface area contributed by atoms with Crippen molar-refractivity contribution >= 4 is 81.0 Å². The quantitative estimate of drug-likeness (QED) is 0.365. The summed E-state index contributed by atoms with van der Waals surface area (Å²) in [6.07, 6.45) is 2.57. The van der Waals surface area contributed by atoms with Gasteiger partial charge >= 0.3 is 0 Å². The summed E-state index contributed by atoms with van der Waals surface area (Å²) in [5.41, 5.74) is 1.89. The van der Waals surface area contributed by atoms with E-state index in [1.54, 1.807) is 13.3 Å². The van der Waals surface area contributed by atoms with E-state index in [0.717, 1.165) is 53.0 Å². The van der Waals surface area contributed by atoms with Gasteiger partial charge in [0.1, 0.15) is 17.3 Å². The number of likely N-dealkylation sites (tertiary alicyclic amines) is 1. The molecule has 204 valence electrons. The van der Waals surface area contributed by atoms with Gasteiger partial charge in [-0.2, -0.15) is 0 Å². The van der Waals surface area contributed by atoms with Gasteiger partial charge in [-0.15, -0.1) is 36.6 Å². The number of ether oxygens (including phenoxy) is 1. The summed E-state index contributed by atoms with van der Waals surface area (Å²) in [5, 5.41) is 17.7. The van der Waals surface area contributed by atoms with E-state index in [-0.39, 0.29) is 48.4 Å². The van der Waals surface area contributed by atoms with Crippen LogP contribution in [0, 0.1) is 0 Å². The molecule has 5 rings (SSSR count). The molecule has 13 heteroatoms. The van der Waals surface area contributed by atoms with E-state index in [1.807, 2.05) is 30.3 Å². The van der Waals surface area contributed by atoms with Crippen LogP contribution in [0.3, 0.4) is 0 Å². The predicted molar refractivity (Wildman–Crippen MR) is 156 cm³/mol. The number of nitrogens with zero attached hydrogens (tertiary/aromatic N) is 3. The molecule has 2 aliphatic heterocycles. The Morgan fingerprint density at radius 3 is 2.79 bits per heavy atom. The van der Waals surface area contributed by atoms with E-state index in [1.165, 1.54) is 11.8 Å². The molecule has 38 heavy (non-hydrogen) atoms. The highest BCUT2D eigenvalue weighted by Crippen LogP contribution is 2.33. The second kappa shape index (κ2) is 13.3. The highest BCUT2D eigenvalue weighted by atomic mass is 79.9. The number of aromatic nitrogens is 2. The number of aliphatic hydroxyl groups is 1. The van der Waals surface area contributed by atoms with E-state index in [2.05, 4.69) is 41.4 Å². The highest BCUT2D eigenvalue weighted by molar-refractivity contribution is 9.10. The van der Waals surface area contributed by atoms with Gasteiger partial charge in [-0.05, 0) is 64.7 Å². The van der Waals surface area contributed by atoms with Crippen molar-refractivity contribution in [2.75, 3.05) is 37.8 Å². The van der Waals surface area contributed by atoms with Crippen molar-refractivity contribution in [1.29, 1.82) is 0 Å². The Hall–Kier alpha value is -2.15. The van der Waals surface area contributed by atoms with Crippen LogP contribution in [0.1, 0.15) is 35.0 Å². The van der Waals surface area contributed by atoms with Gasteiger partial charge in [0, 0.05) is 37.3 Å². The molecule has 4 heterocycles. The second-order valence-corrected chi connectivity index (χ2v) is 10.7. The smallest absolute Gasteiger partial charge is 0.271 e. The van der Waals surface area contributed by atoms with Crippen molar-refractivity contribution in [3.8, 4) is 5.75 Å². The number of carbonyl (C=O) groups is 2. The maximum Gasteiger partial charge on any atom is 0.271 e. The number of rotatable bonds is 6. The fraction of sp³-hybridized carbons (Fsp3) is 0.360. The van der Waals surface area contributed by atoms with Crippen LogP contribution in [0.4, 0.5) is 5.82 Å². The molecule has 1 saturated heterocycles. The molecule has 2 aliphatic rings. The van der Waals surface area contributed by atoms with Crippen molar-refractivity contribution in [3.63, 3.8) is 0 Å². The first-order valence-electron chi connectivity index (χ1n) is 11.7. The number of fused-ring (bicyclic) bond motifs is 2. The zero-order valence-corrected chi connectivity index (χ0v) is 24.5. The maximum absolute atomic E-state index is 12.9. The normalized spacial score (nSPS) is 16.4. The zero-order chi connectivity index (χ0) is 25.2. The molecule has 2 aromatic heterocycles. The molecule has 0 radical (unpaired) electrons. The highest BCUT2D eigenvalue weighted by Gasteiger charge is 2.26. The average Bonchev–Trinajstić information content (AvgIpc) is 2.88. The molecule has 0 bridgehead atoms. The zero-order valence-electron chi connectivity index (χ0n) is 20.5. The van der Waals surface area contributed by atoms with Gasteiger partial charge in [0.25, 0.3) is 5.91 Å². The summed E-state index contributed by atoms with van der Waals surface area (Å²) < 4.78 is 5.94. The predicted octanol–water partition coefficient (Wildman–Crippen LogP) is 4.22. The van der Waals surface area contributed by atoms with E-state index in [0.29, 0.717) is 22.6 Å². The van der Waals surface area contributed by atoms with Crippen LogP contribution in [0.25, 0.3) is 10.9 Å². The summed E-state index contributed by atoms with van der Waals surface area (Å²) in [4.78, 5) is 36.4. The van der Waals surface area contributed by atoms with Crippen LogP contribution < -0.4 is 15.4 Å². The van der Waals surface area contributed by atoms with Gasteiger partial charge in [0.15, 0.2) is 0 Å². The number of β-amino-alcohol motifs (C(OH)–C–C–N with tert-alkyl or cyclic N) is 1. The number of hydrogen-bond donors (Lipinski definition) is 3. The van der Waals surface area contributed by atoms with Crippen molar-refractivity contribution in [2.45, 2.75) is 29.9 Å². The molecule has 0 saturated carbocycles. The lowest BCUT2D eigenvalue weighted by molar-refractivity contribution is -0.113. The average molecular weight is 645 g/mol. The van der Waals surface area contributed by atoms with Gasteiger partial charge in [-0.1, -0.05) is 0 Å². The Balaban J connectivity index is 0.00000200. The van der Waals surface area contributed by atoms with E-state index < -0.39 is 6.10 Å². The fourth-order valence-corrected chi connectivity index (χ4v) is 6.01. The molecule has 0 spiro atoms. The number of amides is 2. The topological polar surface area (TPSA) is 117 Å². The molecule has 3 N–H and O–H groups in total. The molecular weight excluding hydrogens is 617 g/mol. The minimum Gasteiger partial charge on any atom is -0.497 e. The van der Waals surface area contributed by atoms with Crippen LogP contribution in [0.5, 0.6) is 5.75 Å². The maximum atomic E-state index is 12.9. The van der Waals surface area contributed by atoms with E-state index in [4.69, 9.17) is 4.74 Å². The third-order valence-corrected chi connectivity index (χ3v) is 8.10. The molecule has 0 unspecified atom stereocenters. The number of aliphatic hydroxyl groups excluding tert-OH is 1. The number of hydrogen-bond acceptors (Lipinski definition) is 8. The minimum absolute atomic E-state index is 0. The lowest BCUT2D eigenvalue weighted by atomic mass is 10.0. The number of piperidine rings is 1. The van der Waals surface area contributed by atoms with Gasteiger partial charge in [-0.25, -0.2) is 4.98 Å². The number of methoxy groups -OCH3 is 1. The lowest BCUT2D eigenvalue weighted by Crippen LogP contribution is -2.45. The van der Waals surface area contributed by atoms with E-state index in [9.17, 15) is 14.7 Å². The monoisotopic (exact) mass is 643 g/mol. The number of anilines is 1. The number of benzene rings is 1. The Bertz CT molecular complexity index is 1330. The molecule has 0 aliphatic carbocycles. The summed E-state index contributed by atoms with van der Waals surface area (Å²) in [7, 11) is 1.62. The molecule has 1 atom stereocenters. The Labute approximate surface area is 245 Å². The molecular formula is C25H28BrCl2N5O4S. The van der Waals surface area contributed by atoms with Crippen LogP contribution in [0.15, 0.2) is 45.9 Å². The van der Waals surface area contributed by atoms with Crippen molar-refractivity contribution in [3.05, 3.63) is 52.3 Å². The summed E-state index contributed by atoms with van der Waals surface area (Å²) >= 11 is 4.84. The number of nitrogens with one attached hydrogen (secondary N) is 2. The molecule has 3 aromatic rings. The van der Waals surface area contributed by atoms with Gasteiger partial charge < -0.3 is 25.4 Å². The standard InChI is InChI=1S/C25H26BrN5O4S.2ClH/c1-35-15-2-3-19-17(10-15)16(4-7-27-19)20(32)12-31-8-5-14(6-9-31)28-25(34)23-18(26)11-21-24(30-23)29-22(33)13-36-21;;/h2-4,7,10-11,14,20,32H,5-6,8-9,12-13H2,1H3,(H,28,34)(H,29,30,33);2*1H/t20-;;/m0../s1. The fourth-order valence-electron chi connectivity index (χ4n) is 4.56. The van der Waals surface area contributed by atoms with Crippen LogP contribution in [-0.2, 0) is 4.79 Å². The lowest BCUT2D eigenvalue weighted by Gasteiger charge is -2.33. The van der Waals surface area contributed by atoms with E-state index >= 15 is 0 Å². The second-order valence-electron chi connectivity index (χ2n) is 8.85. The van der Waals surface area contributed by atoms with Crippen molar-refractivity contribution in [1.82, 2.24) is 20.2 Å². The minimum atomic E-state index is -0.669. The Morgan fingerprint density at radius 2 is 2.05 bits per heavy atom. The molecule has 2 amide bonds. The SMILES string of the molecule is COc1ccc2nccc([C@@H](O)CN3CCC(NC(=O)c4nc5c(cc4Br)SCC(=O)N5)CC3)c2c1.Cl.Cl. The van der Waals surface area contributed by atoms with Crippen LogP contribution in [0.2, 0.25) is 0 Å². The third-order valence-electron chi connectivity index (χ3n) is 6.47. The number of halogens is 3. The molecule has 1 aromatic carbocycles. The Morgan fingerprint density at radius 1 is 1.29 bits per heavy atom. The van der Waals surface area contributed by atoms with Crippen LogP contribution >= 0.6 is 52.5 Å². The first kappa shape index (κ1) is 30.4. The third kappa shape index (κ3) is 6.70. The largest absolute Gasteiger partial charge is 0.497 e. The first-order valence-corrected chi connectivity index (χ1v) is 13.5. The number of thioether (sulfide) groups is 1. The molecule has 1 fully saturated rings. The summed E-state index contributed by atoms with van der Waals surface area (Å²) in [6, 6.07) is 9.33. The van der Waals surface area contributed by atoms with Gasteiger partial charge in [0.05, 0.1) is 33.9 Å². The number of carbonyl (C=O) groups excluding carboxylic acids is 2. The van der Waals surface area contributed by atoms with Crippen molar-refractivity contribution in [2.24, 2.45) is 0 Å². The summed E-state index contributed by atoms with van der Waals surface area (Å²) in [5.74, 6) is 1.09. The molecule has 9 nitrogen and oxygen atoms in total. The van der Waals surface area contributed by atoms with Gasteiger partial charge in [0.2, 0.25) is 5.91 Å². The summed E-state index contributed by atoms with van der Waals surface area (Å²) in [6.45, 7) is 1.99. The Kier molecular flexibility index (Phi) is 10.6. The van der Waals surface area contributed by atoms with Gasteiger partial charge in [-0.3, -0.25) is 14.6 Å². The number of pyridine rings is 2. The van der Waals surface area contributed by atoms with Crippen LogP contribution in [-0.4, -0.2) is 70.3 Å². The van der Waals surface area contributed by atoms with Crippen molar-refractivity contribution < 1.29 is 19.4 Å². The first-order chi connectivity index (χ1) is 17.4.